The molecule has 7 heterocycles. The van der Waals surface area contributed by atoms with Crippen LogP contribution in [-0.4, -0.2) is 85.4 Å². The Morgan fingerprint density at radius 3 is 2.81 bits per heavy atom. The summed E-state index contributed by atoms with van der Waals surface area (Å²) in [6, 6.07) is 6.95. The van der Waals surface area contributed by atoms with E-state index in [1.807, 2.05) is 24.0 Å². The molecule has 3 fully saturated rings. The van der Waals surface area contributed by atoms with Gasteiger partial charge in [0.05, 0.1) is 42.9 Å². The van der Waals surface area contributed by atoms with Gasteiger partial charge >= 0.3 is 0 Å². The van der Waals surface area contributed by atoms with Crippen LogP contribution in [0.25, 0.3) is 22.3 Å². The summed E-state index contributed by atoms with van der Waals surface area (Å²) < 4.78 is 9.40. The van der Waals surface area contributed by atoms with Gasteiger partial charge in [0, 0.05) is 44.3 Å². The number of nitrogens with zero attached hydrogens (tertiary/aromatic N) is 10. The maximum atomic E-state index is 10.1. The number of hydrogen-bond donors (Lipinski definition) is 1. The third kappa shape index (κ3) is 3.31. The number of hydrogen-bond acceptors (Lipinski definition) is 10. The molecule has 12 heteroatoms. The van der Waals surface area contributed by atoms with Crippen molar-refractivity contribution in [1.82, 2.24) is 40.1 Å². The fourth-order valence-corrected chi connectivity index (χ4v) is 5.79. The Morgan fingerprint density at radius 2 is 2.08 bits per heavy atom. The molecule has 0 aliphatic carbocycles. The first-order valence-electron chi connectivity index (χ1n) is 12.4. The summed E-state index contributed by atoms with van der Waals surface area (Å²) in [6.07, 6.45) is 8.75. The number of pyridine rings is 1. The summed E-state index contributed by atoms with van der Waals surface area (Å²) in [7, 11) is 1.91. The molecule has 4 aliphatic rings. The minimum atomic E-state index is 0.298. The topological polar surface area (TPSA) is 116 Å². The maximum absolute atomic E-state index is 10.1. The zero-order chi connectivity index (χ0) is 24.2. The molecule has 1 N–H and O–H groups in total. The number of aromatic nitrogens is 5. The number of aryl methyl sites for hydroxylation is 1. The number of fused-ring (bicyclic) bond motifs is 3. The van der Waals surface area contributed by atoms with Crippen LogP contribution < -0.4 is 10.3 Å². The molecular formula is C24H27N11O. The molecule has 0 saturated carbocycles. The monoisotopic (exact) mass is 485 g/mol. The van der Waals surface area contributed by atoms with Crippen molar-refractivity contribution < 1.29 is 4.74 Å². The molecule has 3 aromatic rings. The maximum Gasteiger partial charge on any atom is 0.173 e. The molecule has 36 heavy (non-hydrogen) atoms. The van der Waals surface area contributed by atoms with Crippen molar-refractivity contribution in [2.45, 2.75) is 31.3 Å². The number of hydrazine groups is 2. The molecule has 2 unspecified atom stereocenters. The van der Waals surface area contributed by atoms with E-state index >= 15 is 0 Å². The van der Waals surface area contributed by atoms with Crippen LogP contribution in [-0.2, 0) is 11.8 Å². The number of aliphatic imine (C=N–C) groups is 1. The molecule has 4 aliphatic heterocycles. The van der Waals surface area contributed by atoms with Gasteiger partial charge < -0.3 is 9.64 Å². The lowest BCUT2D eigenvalue weighted by Gasteiger charge is -2.36. The minimum Gasteiger partial charge on any atom is -0.377 e. The Kier molecular flexibility index (Phi) is 5.02. The quantitative estimate of drug-likeness (QED) is 0.585. The van der Waals surface area contributed by atoms with Gasteiger partial charge in [-0.3, -0.25) is 9.69 Å². The summed E-state index contributed by atoms with van der Waals surface area (Å²) in [5.41, 5.74) is 6.15. The predicted octanol–water partition coefficient (Wildman–Crippen LogP) is 1.23. The van der Waals surface area contributed by atoms with Crippen molar-refractivity contribution in [1.29, 1.82) is 5.26 Å². The second-order valence-electron chi connectivity index (χ2n) is 9.59. The van der Waals surface area contributed by atoms with E-state index in [1.54, 1.807) is 17.1 Å². The van der Waals surface area contributed by atoms with Gasteiger partial charge in [-0.2, -0.15) is 25.3 Å². The highest BCUT2D eigenvalue weighted by molar-refractivity contribution is 6.02. The molecule has 2 bridgehead atoms. The van der Waals surface area contributed by atoms with Gasteiger partial charge in [0.25, 0.3) is 0 Å². The van der Waals surface area contributed by atoms with Crippen LogP contribution in [0.1, 0.15) is 25.0 Å². The van der Waals surface area contributed by atoms with Crippen molar-refractivity contribution >= 4 is 22.7 Å². The average molecular weight is 486 g/mol. The first kappa shape index (κ1) is 21.5. The van der Waals surface area contributed by atoms with Gasteiger partial charge in [-0.05, 0) is 31.4 Å². The summed E-state index contributed by atoms with van der Waals surface area (Å²) in [4.78, 5) is 12.2. The van der Waals surface area contributed by atoms with E-state index < -0.39 is 0 Å². The summed E-state index contributed by atoms with van der Waals surface area (Å²) >= 11 is 0. The van der Waals surface area contributed by atoms with E-state index in [0.29, 0.717) is 54.4 Å². The van der Waals surface area contributed by atoms with Gasteiger partial charge in [0.1, 0.15) is 11.9 Å². The lowest BCUT2D eigenvalue weighted by Crippen LogP contribution is -2.48. The fourth-order valence-electron chi connectivity index (χ4n) is 5.79. The van der Waals surface area contributed by atoms with Crippen LogP contribution in [0.3, 0.4) is 0 Å². The normalized spacial score (nSPS) is 24.1. The molecular weight excluding hydrogens is 458 g/mol. The van der Waals surface area contributed by atoms with E-state index in [-0.39, 0.29) is 0 Å². The van der Waals surface area contributed by atoms with Crippen LogP contribution in [0.5, 0.6) is 0 Å². The van der Waals surface area contributed by atoms with E-state index in [4.69, 9.17) is 14.8 Å². The second kappa shape index (κ2) is 8.41. The van der Waals surface area contributed by atoms with Crippen LogP contribution in [0, 0.1) is 11.3 Å². The SMILES string of the molecule is Cn1nccc1-c1cc(N2C3CCC2COC3)nc2c1c(C#N)nn2C1=NC=CN(N2CCCN2)C1. The largest absolute Gasteiger partial charge is 0.377 e. The van der Waals surface area contributed by atoms with E-state index in [2.05, 4.69) is 42.7 Å². The Morgan fingerprint density at radius 1 is 1.22 bits per heavy atom. The standard InChI is InChI=1S/C24H27N11O/c1-31-20(5-7-27-31)18-11-21(34-16-3-4-17(34)15-36-14-16)29-24-23(18)19(12-25)30-35(24)22-13-32(10-8-26-22)33-9-2-6-28-33/h5,7-8,10-11,16-17,28H,2-4,6,9,13-15H2,1H3. The van der Waals surface area contributed by atoms with Crippen molar-refractivity contribution in [2.24, 2.45) is 12.0 Å². The fraction of sp³-hybridized carbons (Fsp3) is 0.458. The molecule has 0 spiro atoms. The van der Waals surface area contributed by atoms with E-state index in [0.717, 1.165) is 49.4 Å². The highest BCUT2D eigenvalue weighted by Gasteiger charge is 2.39. The first-order chi connectivity index (χ1) is 17.7. The number of rotatable bonds is 3. The summed E-state index contributed by atoms with van der Waals surface area (Å²) in [6.45, 7) is 3.79. The first-order valence-corrected chi connectivity index (χ1v) is 12.4. The Bertz CT molecular complexity index is 1410. The van der Waals surface area contributed by atoms with E-state index in [9.17, 15) is 5.26 Å². The van der Waals surface area contributed by atoms with Crippen LogP contribution in [0.2, 0.25) is 0 Å². The number of morpholine rings is 1. The number of ether oxygens (including phenoxy) is 1. The highest BCUT2D eigenvalue weighted by Crippen LogP contribution is 2.38. The number of nitriles is 1. The Balaban J connectivity index is 1.41. The van der Waals surface area contributed by atoms with Gasteiger partial charge in [0.15, 0.2) is 17.2 Å². The van der Waals surface area contributed by atoms with Gasteiger partial charge in [-0.15, -0.1) is 0 Å². The molecule has 3 aromatic heterocycles. The van der Waals surface area contributed by atoms with E-state index in [1.165, 1.54) is 0 Å². The van der Waals surface area contributed by atoms with Gasteiger partial charge in [0.2, 0.25) is 0 Å². The lowest BCUT2D eigenvalue weighted by molar-refractivity contribution is 0.0131. The summed E-state index contributed by atoms with van der Waals surface area (Å²) in [5, 5.41) is 24.1. The number of nitrogens with one attached hydrogen (secondary N) is 1. The van der Waals surface area contributed by atoms with Crippen molar-refractivity contribution in [2.75, 3.05) is 37.7 Å². The predicted molar refractivity (Wildman–Crippen MR) is 133 cm³/mol. The molecule has 7 rings (SSSR count). The Hall–Kier alpha value is -3.79. The number of anilines is 1. The van der Waals surface area contributed by atoms with Gasteiger partial charge in [-0.25, -0.2) is 15.4 Å². The molecule has 3 saturated heterocycles. The van der Waals surface area contributed by atoms with Crippen molar-refractivity contribution in [3.8, 4) is 17.3 Å². The summed E-state index contributed by atoms with van der Waals surface area (Å²) in [5.74, 6) is 1.59. The molecule has 12 nitrogen and oxygen atoms in total. The third-order valence-corrected chi connectivity index (χ3v) is 7.49. The molecule has 0 radical (unpaired) electrons. The lowest BCUT2D eigenvalue weighted by atomic mass is 10.1. The second-order valence-corrected chi connectivity index (χ2v) is 9.59. The highest BCUT2D eigenvalue weighted by atomic mass is 16.5. The van der Waals surface area contributed by atoms with Crippen LogP contribution in [0.15, 0.2) is 35.7 Å². The average Bonchev–Trinajstić information content (AvgIpc) is 3.70. The van der Waals surface area contributed by atoms with Crippen LogP contribution in [0.4, 0.5) is 5.82 Å². The van der Waals surface area contributed by atoms with Crippen molar-refractivity contribution in [3.63, 3.8) is 0 Å². The third-order valence-electron chi connectivity index (χ3n) is 7.49. The van der Waals surface area contributed by atoms with Crippen LogP contribution >= 0.6 is 0 Å². The molecule has 0 aromatic carbocycles. The van der Waals surface area contributed by atoms with Crippen molar-refractivity contribution in [3.05, 3.63) is 36.4 Å². The zero-order valence-corrected chi connectivity index (χ0v) is 20.1. The molecule has 2 atom stereocenters. The Labute approximate surface area is 208 Å². The smallest absolute Gasteiger partial charge is 0.173 e. The molecule has 0 amide bonds. The van der Waals surface area contributed by atoms with Gasteiger partial charge in [-0.1, -0.05) is 0 Å². The zero-order valence-electron chi connectivity index (χ0n) is 20.1. The minimum absolute atomic E-state index is 0.298. The molecule has 184 valence electrons.